The van der Waals surface area contributed by atoms with Crippen LogP contribution in [0.15, 0.2) is 48.8 Å². The molecule has 0 amide bonds. The minimum Gasteiger partial charge on any atom is -0.493 e. The van der Waals surface area contributed by atoms with Crippen molar-refractivity contribution in [1.82, 2.24) is 9.88 Å². The monoisotopic (exact) mass is 580 g/mol. The molecule has 0 spiro atoms. The number of carbonyl (C=O) groups is 2. The van der Waals surface area contributed by atoms with Gasteiger partial charge in [0.15, 0.2) is 11.5 Å². The lowest BCUT2D eigenvalue weighted by atomic mass is 10.1. The number of pyridine rings is 1. The van der Waals surface area contributed by atoms with Gasteiger partial charge in [-0.2, -0.15) is 26.3 Å². The van der Waals surface area contributed by atoms with Crippen molar-refractivity contribution in [3.05, 3.63) is 59.9 Å². The third kappa shape index (κ3) is 10.1. The average Bonchev–Trinajstić information content (AvgIpc) is 2.88. The predicted molar refractivity (Wildman–Crippen MR) is 130 cm³/mol. The predicted octanol–water partition coefficient (Wildman–Crippen LogP) is 5.16. The molecule has 9 nitrogen and oxygen atoms in total. The van der Waals surface area contributed by atoms with E-state index in [4.69, 9.17) is 34.0 Å². The highest BCUT2D eigenvalue weighted by atomic mass is 19.4. The van der Waals surface area contributed by atoms with Gasteiger partial charge in [-0.1, -0.05) is 24.3 Å². The van der Waals surface area contributed by atoms with Crippen molar-refractivity contribution in [3.63, 3.8) is 0 Å². The first-order chi connectivity index (χ1) is 18.6. The summed E-state index contributed by atoms with van der Waals surface area (Å²) in [6.07, 6.45) is -6.43. The second kappa shape index (κ2) is 14.8. The summed E-state index contributed by atoms with van der Waals surface area (Å²) in [5.74, 6) is -3.52. The molecule has 0 bridgehead atoms. The van der Waals surface area contributed by atoms with Gasteiger partial charge in [0.05, 0.1) is 21.3 Å². The molecule has 1 aromatic heterocycles. The Bertz CT molecular complexity index is 1250. The highest BCUT2D eigenvalue weighted by Gasteiger charge is 2.38. The maximum Gasteiger partial charge on any atom is 0.490 e. The Morgan fingerprint density at radius 2 is 1.32 bits per heavy atom. The number of benzene rings is 2. The van der Waals surface area contributed by atoms with Crippen molar-refractivity contribution in [3.8, 4) is 17.2 Å². The molecule has 0 aliphatic heterocycles. The van der Waals surface area contributed by atoms with Crippen molar-refractivity contribution >= 4 is 22.7 Å². The van der Waals surface area contributed by atoms with E-state index >= 15 is 0 Å². The molecule has 2 N–H and O–H groups in total. The summed E-state index contributed by atoms with van der Waals surface area (Å²) in [6.45, 7) is 1.55. The van der Waals surface area contributed by atoms with Crippen LogP contribution < -0.4 is 14.2 Å². The fraction of sp³-hybridized carbons (Fsp3) is 0.320. The number of aromatic nitrogens is 1. The number of hydrogen-bond acceptors (Lipinski definition) is 7. The number of halogens is 6. The summed E-state index contributed by atoms with van der Waals surface area (Å²) in [7, 11) is 6.99. The SMILES string of the molecule is COc1ccc(CN(C)Cc2cccc3cnccc23)c(OC)c1OC.O=C(O)C(F)(F)F.O=C(O)C(F)(F)F. The first-order valence-electron chi connectivity index (χ1n) is 10.9. The number of nitrogens with zero attached hydrogens (tertiary/aromatic N) is 2. The summed E-state index contributed by atoms with van der Waals surface area (Å²) in [6, 6.07) is 12.3. The van der Waals surface area contributed by atoms with Crippen molar-refractivity contribution in [1.29, 1.82) is 0 Å². The van der Waals surface area contributed by atoms with Gasteiger partial charge in [-0.25, -0.2) is 9.59 Å². The van der Waals surface area contributed by atoms with E-state index < -0.39 is 24.3 Å². The molecule has 220 valence electrons. The molecular formula is C25H26F6N2O7. The highest BCUT2D eigenvalue weighted by Crippen LogP contribution is 2.40. The molecule has 0 aliphatic rings. The van der Waals surface area contributed by atoms with Gasteiger partial charge >= 0.3 is 24.3 Å². The molecule has 3 aromatic rings. The van der Waals surface area contributed by atoms with Crippen LogP contribution in [0.4, 0.5) is 26.3 Å². The number of hydrogen-bond donors (Lipinski definition) is 2. The zero-order valence-corrected chi connectivity index (χ0v) is 21.6. The van der Waals surface area contributed by atoms with Crippen molar-refractivity contribution in [2.75, 3.05) is 28.4 Å². The average molecular weight is 580 g/mol. The summed E-state index contributed by atoms with van der Waals surface area (Å²) >= 11 is 0. The Kier molecular flexibility index (Phi) is 12.5. The van der Waals surface area contributed by atoms with Crippen molar-refractivity contribution in [2.45, 2.75) is 25.4 Å². The van der Waals surface area contributed by atoms with Gasteiger partial charge in [0, 0.05) is 36.4 Å². The molecule has 0 fully saturated rings. The zero-order valence-electron chi connectivity index (χ0n) is 21.6. The molecule has 0 saturated heterocycles. The van der Waals surface area contributed by atoms with Gasteiger partial charge in [-0.3, -0.25) is 9.88 Å². The number of fused-ring (bicyclic) bond motifs is 1. The van der Waals surface area contributed by atoms with E-state index in [1.54, 1.807) is 21.3 Å². The van der Waals surface area contributed by atoms with Crippen LogP contribution in [0.2, 0.25) is 0 Å². The minimum absolute atomic E-state index is 0.622. The molecule has 0 aliphatic carbocycles. The van der Waals surface area contributed by atoms with Crippen LogP contribution in [0.3, 0.4) is 0 Å². The lowest BCUT2D eigenvalue weighted by Crippen LogP contribution is -2.21. The number of rotatable bonds is 7. The van der Waals surface area contributed by atoms with E-state index in [9.17, 15) is 26.3 Å². The Balaban J connectivity index is 0.000000473. The maximum absolute atomic E-state index is 10.6. The number of ether oxygens (including phenoxy) is 3. The maximum atomic E-state index is 10.6. The van der Waals surface area contributed by atoms with Crippen LogP contribution in [0, 0.1) is 0 Å². The van der Waals surface area contributed by atoms with Gasteiger partial charge < -0.3 is 24.4 Å². The Hall–Kier alpha value is -4.27. The third-order valence-electron chi connectivity index (χ3n) is 4.92. The van der Waals surface area contributed by atoms with Crippen LogP contribution in [0.1, 0.15) is 11.1 Å². The molecule has 0 saturated carbocycles. The minimum atomic E-state index is -5.08. The molecule has 0 unspecified atom stereocenters. The van der Waals surface area contributed by atoms with Crippen molar-refractivity contribution in [2.24, 2.45) is 0 Å². The lowest BCUT2D eigenvalue weighted by molar-refractivity contribution is -0.193. The van der Waals surface area contributed by atoms with Crippen LogP contribution >= 0.6 is 0 Å². The summed E-state index contributed by atoms with van der Waals surface area (Å²) in [5, 5.41) is 16.6. The largest absolute Gasteiger partial charge is 0.493 e. The number of alkyl halides is 6. The number of aliphatic carboxylic acids is 2. The summed E-state index contributed by atoms with van der Waals surface area (Å²) in [5.41, 5.74) is 2.32. The first-order valence-corrected chi connectivity index (χ1v) is 10.9. The molecule has 3 rings (SSSR count). The van der Waals surface area contributed by atoms with Gasteiger partial charge in [0.2, 0.25) is 5.75 Å². The van der Waals surface area contributed by atoms with Gasteiger partial charge in [0.25, 0.3) is 0 Å². The van der Waals surface area contributed by atoms with Crippen LogP contribution in [0.25, 0.3) is 10.8 Å². The third-order valence-corrected chi connectivity index (χ3v) is 4.92. The fourth-order valence-electron chi connectivity index (χ4n) is 3.25. The molecule has 1 heterocycles. The standard InChI is InChI=1S/C21H24N2O3.2C2HF3O2/c1-23(13-16-7-5-6-15-12-22-11-10-18(15)16)14-17-8-9-19(24-2)21(26-4)20(17)25-3;2*3-2(4,5)1(6)7/h5-12H,13-14H2,1-4H3;2*(H,6,7). The summed E-state index contributed by atoms with van der Waals surface area (Å²) in [4.78, 5) is 24.2. The Labute approximate surface area is 224 Å². The van der Waals surface area contributed by atoms with E-state index in [1.807, 2.05) is 24.5 Å². The van der Waals surface area contributed by atoms with Gasteiger partial charge in [0.1, 0.15) is 0 Å². The molecule has 0 atom stereocenters. The Morgan fingerprint density at radius 3 is 1.80 bits per heavy atom. The highest BCUT2D eigenvalue weighted by molar-refractivity contribution is 5.84. The van der Waals surface area contributed by atoms with Crippen LogP contribution in [-0.4, -0.2) is 72.8 Å². The lowest BCUT2D eigenvalue weighted by Gasteiger charge is -2.21. The van der Waals surface area contributed by atoms with E-state index in [1.165, 1.54) is 10.9 Å². The van der Waals surface area contributed by atoms with E-state index in [0.717, 1.165) is 24.0 Å². The molecule has 2 aromatic carbocycles. The molecule has 0 radical (unpaired) electrons. The number of carboxylic acids is 2. The van der Waals surface area contributed by atoms with Crippen molar-refractivity contribution < 1.29 is 60.4 Å². The topological polar surface area (TPSA) is 118 Å². The fourth-order valence-corrected chi connectivity index (χ4v) is 3.25. The summed E-state index contributed by atoms with van der Waals surface area (Å²) < 4.78 is 79.9. The second-order valence-electron chi connectivity index (χ2n) is 7.79. The smallest absolute Gasteiger partial charge is 0.490 e. The van der Waals surface area contributed by atoms with Gasteiger partial charge in [-0.15, -0.1) is 0 Å². The Morgan fingerprint density at radius 1 is 0.800 bits per heavy atom. The van der Waals surface area contributed by atoms with Crippen LogP contribution in [-0.2, 0) is 22.7 Å². The molecular weight excluding hydrogens is 554 g/mol. The van der Waals surface area contributed by atoms with E-state index in [0.29, 0.717) is 17.2 Å². The van der Waals surface area contributed by atoms with Gasteiger partial charge in [-0.05, 0) is 30.1 Å². The van der Waals surface area contributed by atoms with E-state index in [2.05, 4.69) is 41.2 Å². The molecule has 15 heteroatoms. The van der Waals surface area contributed by atoms with E-state index in [-0.39, 0.29) is 0 Å². The first kappa shape index (κ1) is 33.8. The van der Waals surface area contributed by atoms with Crippen LogP contribution in [0.5, 0.6) is 17.2 Å². The second-order valence-corrected chi connectivity index (χ2v) is 7.79. The zero-order chi connectivity index (χ0) is 30.7. The number of carboxylic acid groups (broad SMARTS) is 2. The molecule has 40 heavy (non-hydrogen) atoms. The quantitative estimate of drug-likeness (QED) is 0.366. The number of methoxy groups -OCH3 is 3. The normalized spacial score (nSPS) is 11.1.